The maximum absolute atomic E-state index is 13.4. The second kappa shape index (κ2) is 9.02. The van der Waals surface area contributed by atoms with Crippen molar-refractivity contribution in [2.45, 2.75) is 51.1 Å². The monoisotopic (exact) mass is 454 g/mol. The summed E-state index contributed by atoms with van der Waals surface area (Å²) in [7, 11) is 0. The highest BCUT2D eigenvalue weighted by atomic mass is 32.1. The lowest BCUT2D eigenvalue weighted by molar-refractivity contribution is -0.125. The van der Waals surface area contributed by atoms with E-state index >= 15 is 0 Å². The van der Waals surface area contributed by atoms with E-state index in [0.29, 0.717) is 35.3 Å². The third-order valence-corrected chi connectivity index (χ3v) is 7.47. The lowest BCUT2D eigenvalue weighted by Crippen LogP contribution is -2.47. The predicted molar refractivity (Wildman–Crippen MR) is 125 cm³/mol. The van der Waals surface area contributed by atoms with Gasteiger partial charge in [-0.1, -0.05) is 25.0 Å². The van der Waals surface area contributed by atoms with Crippen LogP contribution in [0.5, 0.6) is 0 Å². The highest BCUT2D eigenvalue weighted by Gasteiger charge is 2.30. The molecule has 1 N–H and O–H groups in total. The number of carbonyl (C=O) groups excluding carboxylic acids is 1. The Hall–Kier alpha value is -2.74. The molecule has 1 atom stereocenters. The van der Waals surface area contributed by atoms with Gasteiger partial charge in [0.05, 0.1) is 18.0 Å². The van der Waals surface area contributed by atoms with E-state index in [1.165, 1.54) is 36.3 Å². The quantitative estimate of drug-likeness (QED) is 0.635. The van der Waals surface area contributed by atoms with Gasteiger partial charge >= 0.3 is 0 Å². The lowest BCUT2D eigenvalue weighted by atomic mass is 9.97. The molecular weight excluding hydrogens is 427 g/mol. The summed E-state index contributed by atoms with van der Waals surface area (Å²) in [5, 5.41) is 5.10. The van der Waals surface area contributed by atoms with Crippen LogP contribution in [0.1, 0.15) is 44.1 Å². The number of hydrogen-bond donors (Lipinski definition) is 1. The SMILES string of the molecule is O=C(NC1CCCC1)C1CCCN(c2nc3ccsc3c(=O)n2Cc2ccc(F)cc2)C1. The zero-order valence-electron chi connectivity index (χ0n) is 17.9. The third kappa shape index (κ3) is 4.28. The number of rotatable bonds is 5. The average molecular weight is 455 g/mol. The number of thiophene rings is 1. The van der Waals surface area contributed by atoms with E-state index < -0.39 is 0 Å². The fraction of sp³-hybridized carbons (Fsp3) is 0.458. The fourth-order valence-electron chi connectivity index (χ4n) is 4.85. The largest absolute Gasteiger partial charge is 0.353 e. The van der Waals surface area contributed by atoms with Gasteiger partial charge in [-0.25, -0.2) is 9.37 Å². The van der Waals surface area contributed by atoms with Crippen LogP contribution in [0.15, 0.2) is 40.5 Å². The summed E-state index contributed by atoms with van der Waals surface area (Å²) in [5.74, 6) is 0.285. The first-order valence-corrected chi connectivity index (χ1v) is 12.2. The summed E-state index contributed by atoms with van der Waals surface area (Å²) in [6.45, 7) is 1.60. The van der Waals surface area contributed by atoms with Crippen molar-refractivity contribution in [1.82, 2.24) is 14.9 Å². The minimum absolute atomic E-state index is 0.0955. The molecule has 5 rings (SSSR count). The first-order chi connectivity index (χ1) is 15.6. The number of hydrogen-bond acceptors (Lipinski definition) is 5. The highest BCUT2D eigenvalue weighted by Crippen LogP contribution is 2.26. The number of anilines is 1. The topological polar surface area (TPSA) is 67.2 Å². The molecule has 3 heterocycles. The first-order valence-electron chi connectivity index (χ1n) is 11.4. The molecular formula is C24H27FN4O2S. The maximum atomic E-state index is 13.4. The van der Waals surface area contributed by atoms with Crippen LogP contribution in [-0.4, -0.2) is 34.6 Å². The van der Waals surface area contributed by atoms with Gasteiger partial charge < -0.3 is 10.2 Å². The van der Waals surface area contributed by atoms with E-state index in [-0.39, 0.29) is 23.2 Å². The van der Waals surface area contributed by atoms with Crippen molar-refractivity contribution in [2.75, 3.05) is 18.0 Å². The number of fused-ring (bicyclic) bond motifs is 1. The van der Waals surface area contributed by atoms with Crippen molar-refractivity contribution >= 4 is 33.4 Å². The number of carbonyl (C=O) groups is 1. The Balaban J connectivity index is 1.44. The van der Waals surface area contributed by atoms with Crippen LogP contribution >= 0.6 is 11.3 Å². The molecule has 0 spiro atoms. The molecule has 1 aromatic carbocycles. The molecule has 1 saturated heterocycles. The molecule has 32 heavy (non-hydrogen) atoms. The molecule has 8 heteroatoms. The minimum atomic E-state index is -0.305. The Morgan fingerprint density at radius 2 is 1.91 bits per heavy atom. The first kappa shape index (κ1) is 21.1. The van der Waals surface area contributed by atoms with Gasteiger partial charge in [-0.3, -0.25) is 14.2 Å². The fourth-order valence-corrected chi connectivity index (χ4v) is 5.63. The zero-order chi connectivity index (χ0) is 22.1. The van der Waals surface area contributed by atoms with E-state index in [0.717, 1.165) is 37.8 Å². The average Bonchev–Trinajstić information content (AvgIpc) is 3.49. The Bertz CT molecular complexity index is 1170. The number of nitrogens with zero attached hydrogens (tertiary/aromatic N) is 3. The third-order valence-electron chi connectivity index (χ3n) is 6.58. The number of halogens is 1. The highest BCUT2D eigenvalue weighted by molar-refractivity contribution is 7.17. The molecule has 1 saturated carbocycles. The molecule has 0 radical (unpaired) electrons. The number of aromatic nitrogens is 2. The van der Waals surface area contributed by atoms with Crippen molar-refractivity contribution in [3.05, 3.63) is 57.4 Å². The number of amides is 1. The van der Waals surface area contributed by atoms with Gasteiger partial charge in [-0.15, -0.1) is 11.3 Å². The Labute approximate surface area is 190 Å². The Kier molecular flexibility index (Phi) is 5.95. The zero-order valence-corrected chi connectivity index (χ0v) is 18.7. The van der Waals surface area contributed by atoms with Crippen molar-refractivity contribution in [2.24, 2.45) is 5.92 Å². The van der Waals surface area contributed by atoms with Crippen molar-refractivity contribution in [1.29, 1.82) is 0 Å². The van der Waals surface area contributed by atoms with Gasteiger partial charge in [0.15, 0.2) is 0 Å². The van der Waals surface area contributed by atoms with E-state index in [2.05, 4.69) is 10.2 Å². The van der Waals surface area contributed by atoms with Gasteiger partial charge in [0.1, 0.15) is 10.5 Å². The maximum Gasteiger partial charge on any atom is 0.273 e. The molecule has 1 amide bonds. The smallest absolute Gasteiger partial charge is 0.273 e. The summed E-state index contributed by atoms with van der Waals surface area (Å²) in [6, 6.07) is 8.36. The molecule has 0 bridgehead atoms. The normalized spacial score (nSPS) is 19.5. The van der Waals surface area contributed by atoms with E-state index in [1.807, 2.05) is 11.4 Å². The molecule has 6 nitrogen and oxygen atoms in total. The summed E-state index contributed by atoms with van der Waals surface area (Å²) in [4.78, 5) is 33.1. The summed E-state index contributed by atoms with van der Waals surface area (Å²) < 4.78 is 15.7. The van der Waals surface area contributed by atoms with Crippen molar-refractivity contribution < 1.29 is 9.18 Å². The van der Waals surface area contributed by atoms with Crippen LogP contribution in [-0.2, 0) is 11.3 Å². The molecule has 1 aliphatic heterocycles. The summed E-state index contributed by atoms with van der Waals surface area (Å²) >= 11 is 1.38. The number of nitrogens with one attached hydrogen (secondary N) is 1. The standard InChI is InChI=1S/C24H27FN4O2S/c25-18-9-7-16(8-10-18)14-29-23(31)21-20(11-13-32-21)27-24(29)28-12-3-4-17(15-28)22(30)26-19-5-1-2-6-19/h7-11,13,17,19H,1-6,12,14-15H2,(H,26,30). The van der Waals surface area contributed by atoms with Crippen LogP contribution in [0.2, 0.25) is 0 Å². The summed E-state index contributed by atoms with van der Waals surface area (Å²) in [6.07, 6.45) is 6.21. The summed E-state index contributed by atoms with van der Waals surface area (Å²) in [5.41, 5.74) is 1.42. The predicted octanol–water partition coefficient (Wildman–Crippen LogP) is 3.92. The molecule has 1 unspecified atom stereocenters. The van der Waals surface area contributed by atoms with Crippen LogP contribution in [0.3, 0.4) is 0 Å². The van der Waals surface area contributed by atoms with Crippen LogP contribution in [0, 0.1) is 11.7 Å². The van der Waals surface area contributed by atoms with Gasteiger partial charge in [-0.2, -0.15) is 0 Å². The van der Waals surface area contributed by atoms with Gasteiger partial charge in [-0.05, 0) is 54.8 Å². The molecule has 168 valence electrons. The lowest BCUT2D eigenvalue weighted by Gasteiger charge is -2.34. The van der Waals surface area contributed by atoms with Crippen molar-refractivity contribution in [3.63, 3.8) is 0 Å². The van der Waals surface area contributed by atoms with Gasteiger partial charge in [0.25, 0.3) is 5.56 Å². The second-order valence-corrected chi connectivity index (χ2v) is 9.76. The van der Waals surface area contributed by atoms with Gasteiger partial charge in [0, 0.05) is 19.1 Å². The Morgan fingerprint density at radius 1 is 1.12 bits per heavy atom. The van der Waals surface area contributed by atoms with Crippen LogP contribution in [0.25, 0.3) is 10.2 Å². The molecule has 3 aromatic rings. The van der Waals surface area contributed by atoms with Crippen LogP contribution < -0.4 is 15.8 Å². The molecule has 2 fully saturated rings. The van der Waals surface area contributed by atoms with Gasteiger partial charge in [0.2, 0.25) is 11.9 Å². The van der Waals surface area contributed by atoms with E-state index in [9.17, 15) is 14.0 Å². The number of piperidine rings is 1. The molecule has 1 aliphatic carbocycles. The van der Waals surface area contributed by atoms with Crippen molar-refractivity contribution in [3.8, 4) is 0 Å². The molecule has 2 aliphatic rings. The second-order valence-electron chi connectivity index (χ2n) is 8.84. The van der Waals surface area contributed by atoms with Crippen LogP contribution in [0.4, 0.5) is 10.3 Å². The van der Waals surface area contributed by atoms with E-state index in [1.54, 1.807) is 16.7 Å². The molecule has 2 aromatic heterocycles. The Morgan fingerprint density at radius 3 is 2.69 bits per heavy atom. The number of benzene rings is 1. The minimum Gasteiger partial charge on any atom is -0.353 e. The van der Waals surface area contributed by atoms with E-state index in [4.69, 9.17) is 4.98 Å².